The number of rotatable bonds is 10. The van der Waals surface area contributed by atoms with Crippen molar-refractivity contribution >= 4 is 18.0 Å². The number of carbonyl (C=O) groups excluding carboxylic acids is 2. The topological polar surface area (TPSA) is 102 Å². The Morgan fingerprint density at radius 1 is 1.03 bits per heavy atom. The van der Waals surface area contributed by atoms with Crippen molar-refractivity contribution in [2.45, 2.75) is 31.2 Å². The van der Waals surface area contributed by atoms with Crippen LogP contribution in [0.3, 0.4) is 0 Å². The molecule has 1 aliphatic rings. The fourth-order valence-corrected chi connectivity index (χ4v) is 3.71. The molecule has 1 amide bonds. The second-order valence-electron chi connectivity index (χ2n) is 7.22. The van der Waals surface area contributed by atoms with Crippen LogP contribution in [0.4, 0.5) is 4.79 Å². The molecule has 7 heteroatoms. The lowest BCUT2D eigenvalue weighted by Crippen LogP contribution is -2.41. The van der Waals surface area contributed by atoms with Gasteiger partial charge in [-0.15, -0.1) is 0 Å². The average molecular weight is 423 g/mol. The maximum absolute atomic E-state index is 12.3. The molecule has 0 spiro atoms. The Labute approximate surface area is 180 Å². The molecule has 0 saturated heterocycles. The zero-order valence-electron chi connectivity index (χ0n) is 17.1. The summed E-state index contributed by atoms with van der Waals surface area (Å²) in [7, 11) is 0. The zero-order valence-corrected chi connectivity index (χ0v) is 17.1. The fourth-order valence-electron chi connectivity index (χ4n) is 3.71. The number of amides is 1. The predicted molar refractivity (Wildman–Crippen MR) is 115 cm³/mol. The highest BCUT2D eigenvalue weighted by Crippen LogP contribution is 2.44. The normalized spacial score (nSPS) is 12.9. The molecule has 0 saturated carbocycles. The molecular weight excluding hydrogens is 398 g/mol. The van der Waals surface area contributed by atoms with Crippen LogP contribution >= 0.6 is 0 Å². The molecule has 2 N–H and O–H groups in total. The van der Waals surface area contributed by atoms with Crippen molar-refractivity contribution < 1.29 is 29.0 Å². The molecule has 0 heterocycles. The minimum atomic E-state index is -1.19. The fraction of sp³-hybridized carbons (Fsp3) is 0.292. The van der Waals surface area contributed by atoms with Gasteiger partial charge in [-0.25, -0.2) is 9.59 Å². The highest BCUT2D eigenvalue weighted by atomic mass is 16.5. The van der Waals surface area contributed by atoms with Crippen molar-refractivity contribution in [3.63, 3.8) is 0 Å². The second kappa shape index (κ2) is 10.4. The Morgan fingerprint density at radius 3 is 2.23 bits per heavy atom. The van der Waals surface area contributed by atoms with Crippen LogP contribution in [0.1, 0.15) is 36.3 Å². The summed E-state index contributed by atoms with van der Waals surface area (Å²) >= 11 is 0. The van der Waals surface area contributed by atoms with Crippen LogP contribution in [0.25, 0.3) is 11.1 Å². The quantitative estimate of drug-likeness (QED) is 0.444. The average Bonchev–Trinajstić information content (AvgIpc) is 3.09. The van der Waals surface area contributed by atoms with Gasteiger partial charge in [-0.1, -0.05) is 61.2 Å². The van der Waals surface area contributed by atoms with E-state index >= 15 is 0 Å². The van der Waals surface area contributed by atoms with Crippen LogP contribution in [0.5, 0.6) is 0 Å². The molecule has 0 unspecified atom stereocenters. The van der Waals surface area contributed by atoms with Gasteiger partial charge in [-0.05, 0) is 35.1 Å². The standard InChI is InChI=1S/C24H25NO6/c1-2-14-30-22(26)13-7-12-21(23(27)28)25-24(29)31-15-20-18-10-5-3-8-16(18)17-9-4-6-11-19(17)20/h2-6,8-11,20-21H,1,7,12-15H2,(H,25,29)(H,27,28)/t21-/m1/s1. The summed E-state index contributed by atoms with van der Waals surface area (Å²) < 4.78 is 10.2. The largest absolute Gasteiger partial charge is 0.480 e. The molecule has 2 aromatic carbocycles. The number of ether oxygens (including phenoxy) is 2. The van der Waals surface area contributed by atoms with Crippen LogP contribution in [-0.4, -0.2) is 42.4 Å². The highest BCUT2D eigenvalue weighted by Gasteiger charge is 2.29. The van der Waals surface area contributed by atoms with Gasteiger partial charge >= 0.3 is 18.0 Å². The summed E-state index contributed by atoms with van der Waals surface area (Å²) in [6.45, 7) is 3.66. The van der Waals surface area contributed by atoms with Crippen molar-refractivity contribution in [3.8, 4) is 11.1 Å². The van der Waals surface area contributed by atoms with Crippen LogP contribution in [0, 0.1) is 0 Å². The van der Waals surface area contributed by atoms with E-state index in [1.54, 1.807) is 0 Å². The van der Waals surface area contributed by atoms with Crippen LogP contribution in [0.15, 0.2) is 61.2 Å². The SMILES string of the molecule is C=CCOC(=O)CCC[C@@H](NC(=O)OCC1c2ccccc2-c2ccccc21)C(=O)O. The van der Waals surface area contributed by atoms with Gasteiger partial charge in [0.2, 0.25) is 0 Å². The maximum atomic E-state index is 12.3. The predicted octanol–water partition coefficient (Wildman–Crippen LogP) is 3.88. The Hall–Kier alpha value is -3.61. The van der Waals surface area contributed by atoms with Crippen molar-refractivity contribution in [3.05, 3.63) is 72.3 Å². The molecule has 2 aromatic rings. The monoisotopic (exact) mass is 423 g/mol. The van der Waals surface area contributed by atoms with E-state index in [4.69, 9.17) is 9.47 Å². The first-order chi connectivity index (χ1) is 15.0. The number of benzene rings is 2. The number of carboxylic acids is 1. The molecule has 3 rings (SSSR count). The van der Waals surface area contributed by atoms with Gasteiger partial charge in [-0.2, -0.15) is 0 Å². The Morgan fingerprint density at radius 2 is 1.65 bits per heavy atom. The molecule has 1 aliphatic carbocycles. The molecule has 0 aliphatic heterocycles. The summed E-state index contributed by atoms with van der Waals surface area (Å²) in [5.74, 6) is -1.74. The maximum Gasteiger partial charge on any atom is 0.407 e. The second-order valence-corrected chi connectivity index (χ2v) is 7.22. The molecule has 7 nitrogen and oxygen atoms in total. The number of alkyl carbamates (subject to hydrolysis) is 1. The van der Waals surface area contributed by atoms with Crippen LogP contribution in [0.2, 0.25) is 0 Å². The minimum absolute atomic E-state index is 0.0595. The number of fused-ring (bicyclic) bond motifs is 3. The summed E-state index contributed by atoms with van der Waals surface area (Å²) in [5, 5.41) is 11.7. The minimum Gasteiger partial charge on any atom is -0.480 e. The van der Waals surface area contributed by atoms with E-state index in [2.05, 4.69) is 11.9 Å². The highest BCUT2D eigenvalue weighted by molar-refractivity contribution is 5.81. The summed E-state index contributed by atoms with van der Waals surface area (Å²) in [4.78, 5) is 35.2. The van der Waals surface area contributed by atoms with Gasteiger partial charge in [0.15, 0.2) is 0 Å². The third kappa shape index (κ3) is 5.51. The molecule has 162 valence electrons. The summed E-state index contributed by atoms with van der Waals surface area (Å²) in [6, 6.07) is 14.8. The van der Waals surface area contributed by atoms with E-state index < -0.39 is 24.1 Å². The van der Waals surface area contributed by atoms with Gasteiger partial charge in [0.25, 0.3) is 0 Å². The number of hydrogen-bond acceptors (Lipinski definition) is 5. The molecule has 0 radical (unpaired) electrons. The lowest BCUT2D eigenvalue weighted by molar-refractivity contribution is -0.143. The Kier molecular flexibility index (Phi) is 7.43. The van der Waals surface area contributed by atoms with Gasteiger partial charge in [-0.3, -0.25) is 4.79 Å². The van der Waals surface area contributed by atoms with Crippen LogP contribution in [-0.2, 0) is 19.1 Å². The first-order valence-electron chi connectivity index (χ1n) is 10.1. The molecule has 1 atom stereocenters. The smallest absolute Gasteiger partial charge is 0.407 e. The lowest BCUT2D eigenvalue weighted by atomic mass is 9.98. The van der Waals surface area contributed by atoms with Gasteiger partial charge in [0, 0.05) is 12.3 Å². The number of carbonyl (C=O) groups is 3. The third-order valence-corrected chi connectivity index (χ3v) is 5.17. The van der Waals surface area contributed by atoms with E-state index in [1.807, 2.05) is 48.5 Å². The first-order valence-corrected chi connectivity index (χ1v) is 10.1. The Balaban J connectivity index is 1.54. The molecular formula is C24H25NO6. The summed E-state index contributed by atoms with van der Waals surface area (Å²) in [6.07, 6.45) is 1.06. The Bertz CT molecular complexity index is 925. The lowest BCUT2D eigenvalue weighted by Gasteiger charge is -2.17. The first kappa shape index (κ1) is 22.1. The van der Waals surface area contributed by atoms with Gasteiger partial charge in [0.05, 0.1) is 0 Å². The van der Waals surface area contributed by atoms with E-state index in [0.29, 0.717) is 0 Å². The number of nitrogens with one attached hydrogen (secondary N) is 1. The molecule has 0 bridgehead atoms. The van der Waals surface area contributed by atoms with Crippen molar-refractivity contribution in [2.24, 2.45) is 0 Å². The number of aliphatic carboxylic acids is 1. The van der Waals surface area contributed by atoms with Crippen LogP contribution < -0.4 is 5.32 Å². The summed E-state index contributed by atoms with van der Waals surface area (Å²) in [5.41, 5.74) is 4.37. The molecule has 0 aromatic heterocycles. The van der Waals surface area contributed by atoms with E-state index in [9.17, 15) is 19.5 Å². The number of hydrogen-bond donors (Lipinski definition) is 2. The molecule has 31 heavy (non-hydrogen) atoms. The van der Waals surface area contributed by atoms with E-state index in [1.165, 1.54) is 6.08 Å². The number of carboxylic acid groups (broad SMARTS) is 1. The number of esters is 1. The zero-order chi connectivity index (χ0) is 22.2. The van der Waals surface area contributed by atoms with Gasteiger partial charge in [0.1, 0.15) is 19.3 Å². The van der Waals surface area contributed by atoms with Crippen molar-refractivity contribution in [1.29, 1.82) is 0 Å². The third-order valence-electron chi connectivity index (χ3n) is 5.17. The van der Waals surface area contributed by atoms with E-state index in [0.717, 1.165) is 22.3 Å². The van der Waals surface area contributed by atoms with Crippen molar-refractivity contribution in [2.75, 3.05) is 13.2 Å². The van der Waals surface area contributed by atoms with Gasteiger partial charge < -0.3 is 19.9 Å². The van der Waals surface area contributed by atoms with E-state index in [-0.39, 0.29) is 38.4 Å². The van der Waals surface area contributed by atoms with Crippen molar-refractivity contribution in [1.82, 2.24) is 5.32 Å². The molecule has 0 fully saturated rings.